The number of carbonyl (C=O) groups excluding carboxylic acids is 1. The fourth-order valence-corrected chi connectivity index (χ4v) is 2.61. The second-order valence-electron chi connectivity index (χ2n) is 5.81. The van der Waals surface area contributed by atoms with Crippen molar-refractivity contribution in [1.29, 1.82) is 0 Å². The summed E-state index contributed by atoms with van der Waals surface area (Å²) in [5.41, 5.74) is 0.760. The third-order valence-electron chi connectivity index (χ3n) is 3.99. The summed E-state index contributed by atoms with van der Waals surface area (Å²) in [5, 5.41) is 2.68. The van der Waals surface area contributed by atoms with Crippen LogP contribution in [0.25, 0.3) is 0 Å². The first-order valence-electron chi connectivity index (χ1n) is 7.95. The normalized spacial score (nSPS) is 19.1. The van der Waals surface area contributed by atoms with Crippen LogP contribution in [-0.4, -0.2) is 23.2 Å². The first kappa shape index (κ1) is 16.4. The Hall–Kier alpha value is -2.47. The number of hydrogen-bond donors (Lipinski definition) is 1. The van der Waals surface area contributed by atoms with Crippen LogP contribution in [0.1, 0.15) is 18.9 Å². The summed E-state index contributed by atoms with van der Waals surface area (Å²) in [4.78, 5) is 24.6. The van der Waals surface area contributed by atoms with Gasteiger partial charge in [0.05, 0.1) is 18.6 Å². The smallest absolute Gasteiger partial charge is 0.274 e. The number of pyridine rings is 1. The number of rotatable bonds is 6. The van der Waals surface area contributed by atoms with Gasteiger partial charge in [-0.25, -0.2) is 4.39 Å². The molecule has 24 heavy (non-hydrogen) atoms. The predicted molar refractivity (Wildman–Crippen MR) is 88.4 cm³/mol. The van der Waals surface area contributed by atoms with Crippen LogP contribution in [0.4, 0.5) is 10.1 Å². The maximum Gasteiger partial charge on any atom is 0.274 e. The van der Waals surface area contributed by atoms with Crippen LogP contribution < -0.4 is 10.9 Å². The summed E-state index contributed by atoms with van der Waals surface area (Å²) in [6, 6.07) is 9.25. The molecule has 1 aliphatic rings. The maximum atomic E-state index is 13.0. The SMILES string of the molecule is CCO[C@H]1C[C@H]1C(=O)Nc1cccn(Cc2ccc(F)cc2)c1=O. The molecule has 3 rings (SSSR count). The maximum absolute atomic E-state index is 13.0. The van der Waals surface area contributed by atoms with Gasteiger partial charge in [-0.15, -0.1) is 0 Å². The highest BCUT2D eigenvalue weighted by molar-refractivity contribution is 5.94. The summed E-state index contributed by atoms with van der Waals surface area (Å²) in [6.45, 7) is 2.77. The van der Waals surface area contributed by atoms with Gasteiger partial charge in [-0.2, -0.15) is 0 Å². The van der Waals surface area contributed by atoms with Crippen LogP contribution in [0.2, 0.25) is 0 Å². The van der Waals surface area contributed by atoms with Gasteiger partial charge < -0.3 is 14.6 Å². The van der Waals surface area contributed by atoms with E-state index >= 15 is 0 Å². The van der Waals surface area contributed by atoms with Crippen LogP contribution in [0.15, 0.2) is 47.4 Å². The number of aromatic nitrogens is 1. The Morgan fingerprint density at radius 3 is 2.79 bits per heavy atom. The summed E-state index contributed by atoms with van der Waals surface area (Å²) < 4.78 is 19.8. The van der Waals surface area contributed by atoms with E-state index in [9.17, 15) is 14.0 Å². The van der Waals surface area contributed by atoms with Gasteiger partial charge in [-0.3, -0.25) is 9.59 Å². The minimum absolute atomic E-state index is 0.0415. The van der Waals surface area contributed by atoms with Gasteiger partial charge in [0.15, 0.2) is 0 Å². The Bertz CT molecular complexity index is 786. The van der Waals surface area contributed by atoms with Crippen molar-refractivity contribution < 1.29 is 13.9 Å². The van der Waals surface area contributed by atoms with Crippen LogP contribution in [0, 0.1) is 11.7 Å². The topological polar surface area (TPSA) is 60.3 Å². The molecular formula is C18H19FN2O3. The number of carbonyl (C=O) groups is 1. The molecule has 0 aliphatic heterocycles. The molecule has 1 aromatic heterocycles. The Balaban J connectivity index is 1.70. The van der Waals surface area contributed by atoms with E-state index in [0.29, 0.717) is 19.6 Å². The Morgan fingerprint density at radius 1 is 1.33 bits per heavy atom. The lowest BCUT2D eigenvalue weighted by Crippen LogP contribution is -2.27. The molecule has 2 atom stereocenters. The molecule has 0 unspecified atom stereocenters. The summed E-state index contributed by atoms with van der Waals surface area (Å²) in [7, 11) is 0. The minimum atomic E-state index is -0.319. The van der Waals surface area contributed by atoms with Gasteiger partial charge in [-0.1, -0.05) is 12.1 Å². The van der Waals surface area contributed by atoms with E-state index in [1.807, 2.05) is 6.92 Å². The van der Waals surface area contributed by atoms with Gasteiger partial charge >= 0.3 is 0 Å². The van der Waals surface area contributed by atoms with E-state index in [2.05, 4.69) is 5.32 Å². The van der Waals surface area contributed by atoms with E-state index in [4.69, 9.17) is 4.74 Å². The number of nitrogens with zero attached hydrogens (tertiary/aromatic N) is 1. The second kappa shape index (κ2) is 6.97. The first-order valence-corrected chi connectivity index (χ1v) is 7.95. The molecule has 1 aliphatic carbocycles. The van der Waals surface area contributed by atoms with Gasteiger partial charge in [0, 0.05) is 12.8 Å². The van der Waals surface area contributed by atoms with Crippen molar-refractivity contribution in [1.82, 2.24) is 4.57 Å². The van der Waals surface area contributed by atoms with Crippen LogP contribution in [0.3, 0.4) is 0 Å². The average Bonchev–Trinajstić information content (AvgIpc) is 3.33. The molecule has 126 valence electrons. The lowest BCUT2D eigenvalue weighted by Gasteiger charge is -2.09. The molecule has 5 nitrogen and oxygen atoms in total. The standard InChI is InChI=1S/C18H19FN2O3/c1-2-24-16-10-14(16)17(22)20-15-4-3-9-21(18(15)23)11-12-5-7-13(19)8-6-12/h3-9,14,16H,2,10-11H2,1H3,(H,20,22)/t14-,16+/m1/s1. The second-order valence-corrected chi connectivity index (χ2v) is 5.81. The number of anilines is 1. The molecule has 0 saturated heterocycles. The molecule has 1 amide bonds. The number of benzene rings is 1. The molecule has 1 heterocycles. The monoisotopic (exact) mass is 330 g/mol. The van der Waals surface area contributed by atoms with E-state index < -0.39 is 0 Å². The van der Waals surface area contributed by atoms with Crippen molar-refractivity contribution in [2.75, 3.05) is 11.9 Å². The van der Waals surface area contributed by atoms with Crippen LogP contribution >= 0.6 is 0 Å². The number of amides is 1. The molecule has 0 bridgehead atoms. The Kier molecular flexibility index (Phi) is 4.76. The van der Waals surface area contributed by atoms with Crippen LogP contribution in [-0.2, 0) is 16.1 Å². The Labute approximate surface area is 139 Å². The van der Waals surface area contributed by atoms with Crippen molar-refractivity contribution in [2.24, 2.45) is 5.92 Å². The largest absolute Gasteiger partial charge is 0.378 e. The lowest BCUT2D eigenvalue weighted by atomic mass is 10.2. The van der Waals surface area contributed by atoms with Gasteiger partial charge in [-0.05, 0) is 43.2 Å². The molecule has 0 spiro atoms. The van der Waals surface area contributed by atoms with Crippen LogP contribution in [0.5, 0.6) is 0 Å². The third-order valence-corrected chi connectivity index (χ3v) is 3.99. The summed E-state index contributed by atoms with van der Waals surface area (Å²) in [6.07, 6.45) is 2.29. The molecular weight excluding hydrogens is 311 g/mol. The van der Waals surface area contributed by atoms with Crippen molar-refractivity contribution in [3.63, 3.8) is 0 Å². The van der Waals surface area contributed by atoms with Gasteiger partial charge in [0.1, 0.15) is 11.5 Å². The number of halogens is 1. The summed E-state index contributed by atoms with van der Waals surface area (Å²) in [5.74, 6) is -0.694. The predicted octanol–water partition coefficient (Wildman–Crippen LogP) is 2.40. The molecule has 1 saturated carbocycles. The fraction of sp³-hybridized carbons (Fsp3) is 0.333. The quantitative estimate of drug-likeness (QED) is 0.885. The highest BCUT2D eigenvalue weighted by Crippen LogP contribution is 2.34. The number of ether oxygens (including phenoxy) is 1. The fourth-order valence-electron chi connectivity index (χ4n) is 2.61. The number of hydrogen-bond acceptors (Lipinski definition) is 3. The average molecular weight is 330 g/mol. The first-order chi connectivity index (χ1) is 11.6. The minimum Gasteiger partial charge on any atom is -0.378 e. The van der Waals surface area contributed by atoms with E-state index in [0.717, 1.165) is 5.56 Å². The third kappa shape index (κ3) is 3.71. The van der Waals surface area contributed by atoms with E-state index in [-0.39, 0.29) is 35.0 Å². The lowest BCUT2D eigenvalue weighted by molar-refractivity contribution is -0.118. The highest BCUT2D eigenvalue weighted by Gasteiger charge is 2.44. The van der Waals surface area contributed by atoms with Crippen molar-refractivity contribution in [3.8, 4) is 0 Å². The zero-order valence-electron chi connectivity index (χ0n) is 13.4. The van der Waals surface area contributed by atoms with Gasteiger partial charge in [0.2, 0.25) is 5.91 Å². The zero-order valence-corrected chi connectivity index (χ0v) is 13.4. The summed E-state index contributed by atoms with van der Waals surface area (Å²) >= 11 is 0. The highest BCUT2D eigenvalue weighted by atomic mass is 19.1. The molecule has 0 radical (unpaired) electrons. The molecule has 1 N–H and O–H groups in total. The van der Waals surface area contributed by atoms with Crippen molar-refractivity contribution in [2.45, 2.75) is 26.0 Å². The van der Waals surface area contributed by atoms with Crippen molar-refractivity contribution in [3.05, 3.63) is 64.3 Å². The zero-order chi connectivity index (χ0) is 17.1. The number of nitrogens with one attached hydrogen (secondary N) is 1. The molecule has 2 aromatic rings. The molecule has 6 heteroatoms. The van der Waals surface area contributed by atoms with E-state index in [1.165, 1.54) is 16.7 Å². The van der Waals surface area contributed by atoms with E-state index in [1.54, 1.807) is 30.5 Å². The Morgan fingerprint density at radius 2 is 2.08 bits per heavy atom. The molecule has 1 fully saturated rings. The van der Waals surface area contributed by atoms with Gasteiger partial charge in [0.25, 0.3) is 5.56 Å². The van der Waals surface area contributed by atoms with Crippen molar-refractivity contribution >= 4 is 11.6 Å². The molecule has 1 aromatic carbocycles.